The summed E-state index contributed by atoms with van der Waals surface area (Å²) in [6, 6.07) is 0. The van der Waals surface area contributed by atoms with E-state index in [1.54, 1.807) is 0 Å². The number of hydrogen-bond acceptors (Lipinski definition) is 3. The molecular formula is C8H18N2OS. The number of amides is 1. The van der Waals surface area contributed by atoms with E-state index >= 15 is 0 Å². The van der Waals surface area contributed by atoms with Gasteiger partial charge < -0.3 is 11.1 Å². The van der Waals surface area contributed by atoms with E-state index in [0.717, 1.165) is 6.54 Å². The highest BCUT2D eigenvalue weighted by Crippen LogP contribution is 2.19. The Bertz CT molecular complexity index is 148. The van der Waals surface area contributed by atoms with E-state index in [2.05, 4.69) is 25.4 Å². The lowest BCUT2D eigenvalue weighted by molar-refractivity contribution is -0.117. The number of carbonyl (C=O) groups is 1. The average molecular weight is 190 g/mol. The van der Waals surface area contributed by atoms with Crippen molar-refractivity contribution in [3.8, 4) is 0 Å². The Hall–Kier alpha value is -0.220. The number of primary amides is 1. The first kappa shape index (κ1) is 11.8. The number of nitrogens with two attached hydrogens (primary N) is 1. The largest absolute Gasteiger partial charge is 0.370 e. The first-order valence-electron chi connectivity index (χ1n) is 4.02. The van der Waals surface area contributed by atoms with Crippen LogP contribution < -0.4 is 11.1 Å². The van der Waals surface area contributed by atoms with Gasteiger partial charge in [0.05, 0.1) is 0 Å². The number of rotatable bonds is 6. The van der Waals surface area contributed by atoms with Gasteiger partial charge in [-0.05, 0) is 20.1 Å². The molecule has 0 atom stereocenters. The fourth-order valence-corrected chi connectivity index (χ4v) is 0.920. The molecule has 3 N–H and O–H groups in total. The predicted molar refractivity (Wildman–Crippen MR) is 54.3 cm³/mol. The van der Waals surface area contributed by atoms with Gasteiger partial charge in [0.2, 0.25) is 5.91 Å². The first-order valence-corrected chi connectivity index (χ1v) is 5.24. The topological polar surface area (TPSA) is 55.1 Å². The van der Waals surface area contributed by atoms with Crippen molar-refractivity contribution in [2.75, 3.05) is 19.3 Å². The molecule has 3 nitrogen and oxygen atoms in total. The molecule has 12 heavy (non-hydrogen) atoms. The highest BCUT2D eigenvalue weighted by atomic mass is 32.2. The van der Waals surface area contributed by atoms with Crippen LogP contribution in [0, 0.1) is 0 Å². The van der Waals surface area contributed by atoms with Gasteiger partial charge in [0.25, 0.3) is 0 Å². The third-order valence-electron chi connectivity index (χ3n) is 1.65. The lowest BCUT2D eigenvalue weighted by Crippen LogP contribution is -2.33. The van der Waals surface area contributed by atoms with Gasteiger partial charge in [-0.1, -0.05) is 0 Å². The van der Waals surface area contributed by atoms with Crippen molar-refractivity contribution in [1.29, 1.82) is 0 Å². The van der Waals surface area contributed by atoms with Gasteiger partial charge in [-0.2, -0.15) is 11.8 Å². The standard InChI is InChI=1S/C8H18N2OS/c1-8(2,12-3)6-10-5-4-7(9)11/h10H,4-6H2,1-3H3,(H2,9,11). The normalized spacial score (nSPS) is 11.6. The maximum Gasteiger partial charge on any atom is 0.218 e. The quantitative estimate of drug-likeness (QED) is 0.603. The summed E-state index contributed by atoms with van der Waals surface area (Å²) >= 11 is 1.81. The van der Waals surface area contributed by atoms with E-state index in [0.29, 0.717) is 13.0 Å². The molecule has 0 aliphatic heterocycles. The maximum atomic E-state index is 10.4. The SMILES string of the molecule is CSC(C)(C)CNCCC(N)=O. The third-order valence-corrected chi connectivity index (χ3v) is 2.90. The van der Waals surface area contributed by atoms with Gasteiger partial charge in [-0.15, -0.1) is 0 Å². The zero-order valence-electron chi connectivity index (χ0n) is 8.02. The summed E-state index contributed by atoms with van der Waals surface area (Å²) in [5.41, 5.74) is 4.99. The molecule has 0 saturated heterocycles. The minimum atomic E-state index is -0.246. The molecule has 0 bridgehead atoms. The summed E-state index contributed by atoms with van der Waals surface area (Å²) in [5, 5.41) is 3.19. The van der Waals surface area contributed by atoms with E-state index in [1.807, 2.05) is 11.8 Å². The van der Waals surface area contributed by atoms with Crippen LogP contribution in [0.5, 0.6) is 0 Å². The maximum absolute atomic E-state index is 10.4. The second-order valence-corrected chi connectivity index (χ2v) is 4.87. The third kappa shape index (κ3) is 6.49. The van der Waals surface area contributed by atoms with E-state index in [1.165, 1.54) is 0 Å². The Morgan fingerprint density at radius 3 is 2.58 bits per heavy atom. The van der Waals surface area contributed by atoms with Crippen LogP contribution in [0.1, 0.15) is 20.3 Å². The molecule has 0 unspecified atom stereocenters. The summed E-state index contributed by atoms with van der Waals surface area (Å²) in [7, 11) is 0. The molecule has 0 heterocycles. The summed E-state index contributed by atoms with van der Waals surface area (Å²) in [6.07, 6.45) is 2.50. The first-order chi connectivity index (χ1) is 5.48. The van der Waals surface area contributed by atoms with Crippen LogP contribution in [-0.2, 0) is 4.79 Å². The fraction of sp³-hybridized carbons (Fsp3) is 0.875. The minimum Gasteiger partial charge on any atom is -0.370 e. The molecule has 0 saturated carbocycles. The van der Waals surface area contributed by atoms with Gasteiger partial charge in [-0.25, -0.2) is 0 Å². The van der Waals surface area contributed by atoms with Gasteiger partial charge in [0.15, 0.2) is 0 Å². The molecule has 0 aliphatic rings. The van der Waals surface area contributed by atoms with Crippen LogP contribution in [0.3, 0.4) is 0 Å². The van der Waals surface area contributed by atoms with Gasteiger partial charge >= 0.3 is 0 Å². The van der Waals surface area contributed by atoms with E-state index in [-0.39, 0.29) is 10.7 Å². The van der Waals surface area contributed by atoms with Crippen molar-refractivity contribution in [3.05, 3.63) is 0 Å². The molecule has 0 aromatic heterocycles. The van der Waals surface area contributed by atoms with E-state index < -0.39 is 0 Å². The Labute approximate surface area is 78.5 Å². The highest BCUT2D eigenvalue weighted by Gasteiger charge is 2.14. The average Bonchev–Trinajstić information content (AvgIpc) is 1.98. The van der Waals surface area contributed by atoms with Crippen molar-refractivity contribution in [1.82, 2.24) is 5.32 Å². The summed E-state index contributed by atoms with van der Waals surface area (Å²) in [4.78, 5) is 10.4. The Morgan fingerprint density at radius 2 is 2.17 bits per heavy atom. The van der Waals surface area contributed by atoms with Crippen LogP contribution in [0.15, 0.2) is 0 Å². The molecule has 0 radical (unpaired) electrons. The lowest BCUT2D eigenvalue weighted by atomic mass is 10.2. The van der Waals surface area contributed by atoms with Crippen molar-refractivity contribution in [3.63, 3.8) is 0 Å². The summed E-state index contributed by atoms with van der Waals surface area (Å²) in [5.74, 6) is -0.246. The Morgan fingerprint density at radius 1 is 1.58 bits per heavy atom. The molecule has 72 valence electrons. The second kappa shape index (κ2) is 5.43. The molecule has 0 spiro atoms. The molecule has 0 rings (SSSR count). The monoisotopic (exact) mass is 190 g/mol. The molecule has 0 aliphatic carbocycles. The molecule has 0 fully saturated rings. The molecule has 1 amide bonds. The van der Waals surface area contributed by atoms with E-state index in [9.17, 15) is 4.79 Å². The zero-order chi connectivity index (χ0) is 9.61. The number of carbonyl (C=O) groups excluding carboxylic acids is 1. The van der Waals surface area contributed by atoms with Crippen molar-refractivity contribution in [2.45, 2.75) is 25.0 Å². The summed E-state index contributed by atoms with van der Waals surface area (Å²) in [6.45, 7) is 5.91. The van der Waals surface area contributed by atoms with Crippen LogP contribution in [0.2, 0.25) is 0 Å². The number of nitrogens with one attached hydrogen (secondary N) is 1. The van der Waals surface area contributed by atoms with Crippen LogP contribution >= 0.6 is 11.8 Å². The second-order valence-electron chi connectivity index (χ2n) is 3.36. The Kier molecular flexibility index (Phi) is 5.33. The van der Waals surface area contributed by atoms with Crippen LogP contribution in [0.4, 0.5) is 0 Å². The number of thioether (sulfide) groups is 1. The van der Waals surface area contributed by atoms with Crippen LogP contribution in [0.25, 0.3) is 0 Å². The van der Waals surface area contributed by atoms with Gasteiger partial charge in [-0.3, -0.25) is 4.79 Å². The molecular weight excluding hydrogens is 172 g/mol. The lowest BCUT2D eigenvalue weighted by Gasteiger charge is -2.21. The van der Waals surface area contributed by atoms with E-state index in [4.69, 9.17) is 5.73 Å². The van der Waals surface area contributed by atoms with Crippen molar-refractivity contribution < 1.29 is 4.79 Å². The predicted octanol–water partition coefficient (Wildman–Crippen LogP) is 0.593. The Balaban J connectivity index is 3.37. The minimum absolute atomic E-state index is 0.234. The highest BCUT2D eigenvalue weighted by molar-refractivity contribution is 7.99. The number of hydrogen-bond donors (Lipinski definition) is 2. The zero-order valence-corrected chi connectivity index (χ0v) is 8.83. The van der Waals surface area contributed by atoms with Crippen LogP contribution in [-0.4, -0.2) is 30.0 Å². The molecule has 0 aromatic rings. The molecule has 0 aromatic carbocycles. The summed E-state index contributed by atoms with van der Waals surface area (Å²) < 4.78 is 0.234. The van der Waals surface area contributed by atoms with Crippen molar-refractivity contribution >= 4 is 17.7 Å². The van der Waals surface area contributed by atoms with Gasteiger partial charge in [0, 0.05) is 24.3 Å². The fourth-order valence-electron chi connectivity index (χ4n) is 0.673. The smallest absolute Gasteiger partial charge is 0.218 e. The van der Waals surface area contributed by atoms with Crippen molar-refractivity contribution in [2.24, 2.45) is 5.73 Å². The molecule has 4 heteroatoms. The van der Waals surface area contributed by atoms with Gasteiger partial charge in [0.1, 0.15) is 0 Å².